The van der Waals surface area contributed by atoms with Gasteiger partial charge < -0.3 is 16.4 Å². The molecule has 1 aromatic rings. The highest BCUT2D eigenvalue weighted by Gasteiger charge is 2.22. The fourth-order valence-corrected chi connectivity index (χ4v) is 5.07. The number of thiazole rings is 1. The Hall–Kier alpha value is -0.980. The number of nitrogens with zero attached hydrogens (tertiary/aromatic N) is 4. The van der Waals surface area contributed by atoms with Gasteiger partial charge in [0.1, 0.15) is 0 Å². The fraction of sp³-hybridized carbons (Fsp3) is 0.773. The van der Waals surface area contributed by atoms with Gasteiger partial charge in [-0.15, -0.1) is 35.3 Å². The summed E-state index contributed by atoms with van der Waals surface area (Å²) in [5.74, 6) is 1.32. The van der Waals surface area contributed by atoms with E-state index in [9.17, 15) is 4.79 Å². The van der Waals surface area contributed by atoms with E-state index in [4.69, 9.17) is 15.7 Å². The number of aromatic nitrogens is 1. The molecule has 0 spiro atoms. The largest absolute Gasteiger partial charge is 0.369 e. The third kappa shape index (κ3) is 9.11. The maximum atomic E-state index is 11.1. The van der Waals surface area contributed by atoms with Crippen LogP contribution in [0.3, 0.4) is 0 Å². The van der Waals surface area contributed by atoms with Gasteiger partial charge in [0.05, 0.1) is 17.2 Å². The second kappa shape index (κ2) is 14.3. The minimum Gasteiger partial charge on any atom is -0.369 e. The highest BCUT2D eigenvalue weighted by molar-refractivity contribution is 14.0. The summed E-state index contributed by atoms with van der Waals surface area (Å²) in [6.45, 7) is 11.4. The minimum absolute atomic E-state index is 0. The molecule has 10 heteroatoms. The first-order chi connectivity index (χ1) is 15.1. The number of aliphatic imine (C=N–C) groups is 1. The van der Waals surface area contributed by atoms with E-state index in [2.05, 4.69) is 39.7 Å². The Morgan fingerprint density at radius 2 is 1.88 bits per heavy atom. The summed E-state index contributed by atoms with van der Waals surface area (Å²) in [6.07, 6.45) is 5.43. The Labute approximate surface area is 213 Å². The lowest BCUT2D eigenvalue weighted by Gasteiger charge is -2.33. The lowest BCUT2D eigenvalue weighted by molar-refractivity contribution is -0.119. The van der Waals surface area contributed by atoms with Crippen molar-refractivity contribution >= 4 is 47.2 Å². The van der Waals surface area contributed by atoms with Crippen molar-refractivity contribution in [2.45, 2.75) is 58.5 Å². The molecule has 0 saturated carbocycles. The van der Waals surface area contributed by atoms with E-state index in [1.165, 1.54) is 23.5 Å². The fourth-order valence-electron chi connectivity index (χ4n) is 4.33. The second-order valence-electron chi connectivity index (χ2n) is 8.69. The average Bonchev–Trinajstić information content (AvgIpc) is 3.22. The van der Waals surface area contributed by atoms with Crippen LogP contribution in [0.1, 0.15) is 50.2 Å². The van der Waals surface area contributed by atoms with E-state index in [-0.39, 0.29) is 29.9 Å². The molecule has 3 rings (SSSR count). The van der Waals surface area contributed by atoms with Crippen LogP contribution in [0.25, 0.3) is 0 Å². The van der Waals surface area contributed by atoms with Crippen LogP contribution in [-0.4, -0.2) is 78.5 Å². The van der Waals surface area contributed by atoms with Gasteiger partial charge in [0, 0.05) is 44.1 Å². The lowest BCUT2D eigenvalue weighted by atomic mass is 9.97. The Balaban J connectivity index is 0.00000363. The molecule has 0 bridgehead atoms. The van der Waals surface area contributed by atoms with Gasteiger partial charge in [0.2, 0.25) is 5.91 Å². The monoisotopic (exact) mass is 577 g/mol. The van der Waals surface area contributed by atoms with Gasteiger partial charge in [-0.1, -0.05) is 6.92 Å². The number of amides is 1. The van der Waals surface area contributed by atoms with Gasteiger partial charge in [-0.25, -0.2) is 4.98 Å². The van der Waals surface area contributed by atoms with Gasteiger partial charge in [0.25, 0.3) is 0 Å². The molecule has 0 aromatic carbocycles. The van der Waals surface area contributed by atoms with Crippen LogP contribution in [-0.2, 0) is 17.8 Å². The summed E-state index contributed by atoms with van der Waals surface area (Å²) in [5.41, 5.74) is 6.53. The number of carbonyl (C=O) groups excluding carboxylic acids is 1. The molecule has 0 aliphatic carbocycles. The number of halogens is 1. The number of primary amides is 1. The summed E-state index contributed by atoms with van der Waals surface area (Å²) < 4.78 is 0. The zero-order valence-corrected chi connectivity index (χ0v) is 22.7. The number of hydrogen-bond acceptors (Lipinski definition) is 6. The molecule has 32 heavy (non-hydrogen) atoms. The van der Waals surface area contributed by atoms with Crippen LogP contribution in [0.4, 0.5) is 0 Å². The van der Waals surface area contributed by atoms with Crippen molar-refractivity contribution < 1.29 is 4.79 Å². The summed E-state index contributed by atoms with van der Waals surface area (Å²) in [6, 6.07) is 0.398. The van der Waals surface area contributed by atoms with E-state index in [0.717, 1.165) is 71.0 Å². The molecular formula is C22H40IN7OS. The first-order valence-electron chi connectivity index (χ1n) is 11.8. The molecular weight excluding hydrogens is 537 g/mol. The molecule has 0 atom stereocenters. The molecule has 3 heterocycles. The zero-order valence-electron chi connectivity index (χ0n) is 19.5. The van der Waals surface area contributed by atoms with Gasteiger partial charge in [-0.05, 0) is 58.0 Å². The Morgan fingerprint density at radius 3 is 2.47 bits per heavy atom. The number of nitrogens with two attached hydrogens (primary N) is 1. The molecule has 8 nitrogen and oxygen atoms in total. The van der Waals surface area contributed by atoms with Gasteiger partial charge in [0.15, 0.2) is 5.96 Å². The highest BCUT2D eigenvalue weighted by atomic mass is 127. The Bertz CT molecular complexity index is 713. The number of carbonyl (C=O) groups is 1. The molecule has 1 aromatic heterocycles. The molecule has 1 amide bonds. The quantitative estimate of drug-likeness (QED) is 0.236. The normalized spacial score (nSPS) is 19.5. The molecule has 2 aliphatic rings. The van der Waals surface area contributed by atoms with Crippen molar-refractivity contribution in [3.63, 3.8) is 0 Å². The van der Waals surface area contributed by atoms with Crippen LogP contribution in [0.15, 0.2) is 10.4 Å². The molecule has 2 saturated heterocycles. The summed E-state index contributed by atoms with van der Waals surface area (Å²) in [4.78, 5) is 25.4. The number of piperidine rings is 2. The molecule has 0 radical (unpaired) electrons. The third-order valence-corrected chi connectivity index (χ3v) is 7.20. The Morgan fingerprint density at radius 1 is 1.19 bits per heavy atom. The number of guanidine groups is 1. The third-order valence-electron chi connectivity index (χ3n) is 6.15. The molecule has 2 aliphatic heterocycles. The predicted molar refractivity (Wildman–Crippen MR) is 143 cm³/mol. The van der Waals surface area contributed by atoms with Crippen LogP contribution >= 0.6 is 35.3 Å². The summed E-state index contributed by atoms with van der Waals surface area (Å²) in [5, 5.41) is 10.4. The predicted octanol–water partition coefficient (Wildman–Crippen LogP) is 2.04. The van der Waals surface area contributed by atoms with E-state index >= 15 is 0 Å². The summed E-state index contributed by atoms with van der Waals surface area (Å²) in [7, 11) is 0. The smallest absolute Gasteiger partial charge is 0.231 e. The van der Waals surface area contributed by atoms with Crippen LogP contribution in [0, 0.1) is 5.92 Å². The number of hydrogen-bond donors (Lipinski definition) is 3. The topological polar surface area (TPSA) is 98.9 Å². The van der Waals surface area contributed by atoms with E-state index in [1.807, 2.05) is 0 Å². The van der Waals surface area contributed by atoms with Gasteiger partial charge in [-0.3, -0.25) is 19.6 Å². The lowest BCUT2D eigenvalue weighted by Crippen LogP contribution is -2.50. The number of aryl methyl sites for hydroxylation is 1. The Kier molecular flexibility index (Phi) is 12.2. The first-order valence-corrected chi connectivity index (χ1v) is 12.6. The van der Waals surface area contributed by atoms with Crippen molar-refractivity contribution in [3.8, 4) is 0 Å². The molecule has 4 N–H and O–H groups in total. The van der Waals surface area contributed by atoms with Crippen molar-refractivity contribution in [2.75, 3.05) is 45.8 Å². The second-order valence-corrected chi connectivity index (χ2v) is 9.63. The average molecular weight is 578 g/mol. The van der Waals surface area contributed by atoms with Crippen molar-refractivity contribution in [1.29, 1.82) is 0 Å². The first kappa shape index (κ1) is 27.3. The van der Waals surface area contributed by atoms with Crippen molar-refractivity contribution in [1.82, 2.24) is 25.4 Å². The van der Waals surface area contributed by atoms with Gasteiger partial charge >= 0.3 is 0 Å². The maximum Gasteiger partial charge on any atom is 0.231 e. The van der Waals surface area contributed by atoms with Crippen LogP contribution < -0.4 is 16.4 Å². The number of rotatable bonds is 9. The van der Waals surface area contributed by atoms with Crippen molar-refractivity contribution in [2.24, 2.45) is 16.6 Å². The molecule has 2 fully saturated rings. The number of likely N-dealkylation sites (tertiary alicyclic amines) is 2. The SMILES string of the molecule is CCNC(=NCC1CCN(Cc2csc(CC)n2)CC1)NC1CCN(CC(N)=O)CC1.I. The standard InChI is InChI=1S/C22H39N7OS.HI/c1-3-21-26-19(16-31-21)14-28-9-5-17(6-10-28)13-25-22(24-4-2)27-18-7-11-29(12-8-18)15-20(23)30;/h16-18H,3-15H2,1-2H3,(H2,23,30)(H2,24,25,27);1H. The van der Waals surface area contributed by atoms with E-state index in [0.29, 0.717) is 18.5 Å². The van der Waals surface area contributed by atoms with Crippen LogP contribution in [0.5, 0.6) is 0 Å². The van der Waals surface area contributed by atoms with Gasteiger partial charge in [-0.2, -0.15) is 0 Å². The zero-order chi connectivity index (χ0) is 22.1. The number of nitrogens with one attached hydrogen (secondary N) is 2. The highest BCUT2D eigenvalue weighted by Crippen LogP contribution is 2.20. The van der Waals surface area contributed by atoms with Crippen LogP contribution in [0.2, 0.25) is 0 Å². The molecule has 0 unspecified atom stereocenters. The van der Waals surface area contributed by atoms with E-state index in [1.54, 1.807) is 11.3 Å². The molecule has 182 valence electrons. The minimum atomic E-state index is -0.246. The van der Waals surface area contributed by atoms with Crippen molar-refractivity contribution in [3.05, 3.63) is 16.1 Å². The maximum absolute atomic E-state index is 11.1. The summed E-state index contributed by atoms with van der Waals surface area (Å²) >= 11 is 1.78. The van der Waals surface area contributed by atoms with E-state index < -0.39 is 0 Å².